The van der Waals surface area contributed by atoms with Crippen molar-refractivity contribution in [1.29, 1.82) is 0 Å². The van der Waals surface area contributed by atoms with Gasteiger partial charge in [0.2, 0.25) is 5.78 Å². The molecule has 2 aromatic carbocycles. The molecule has 0 amide bonds. The lowest BCUT2D eigenvalue weighted by molar-refractivity contribution is 0.103. The van der Waals surface area contributed by atoms with Gasteiger partial charge in [-0.2, -0.15) is 0 Å². The fourth-order valence-corrected chi connectivity index (χ4v) is 4.85. The van der Waals surface area contributed by atoms with Crippen LogP contribution in [0.15, 0.2) is 72.2 Å². The number of hydrogen-bond acceptors (Lipinski definition) is 5. The van der Waals surface area contributed by atoms with Crippen LogP contribution in [0.4, 0.5) is 0 Å². The van der Waals surface area contributed by atoms with Crippen molar-refractivity contribution in [2.75, 3.05) is 7.11 Å². The number of thiazole rings is 1. The first-order valence-electron chi connectivity index (χ1n) is 10.4. The number of carbonyl (C=O) groups excluding carboxylic acids is 1. The number of methoxy groups -OCH3 is 1. The van der Waals surface area contributed by atoms with Gasteiger partial charge < -0.3 is 9.30 Å². The number of nitrogens with zero attached hydrogens (tertiary/aromatic N) is 3. The highest BCUT2D eigenvalue weighted by molar-refractivity contribution is 7.12. The minimum atomic E-state index is -0.104. The summed E-state index contributed by atoms with van der Waals surface area (Å²) >= 11 is 7.39. The molecule has 3 aromatic heterocycles. The summed E-state index contributed by atoms with van der Waals surface area (Å²) in [6, 6.07) is 19.2. The average Bonchev–Trinajstić information content (AvgIpc) is 3.44. The minimum absolute atomic E-state index is 0.104. The van der Waals surface area contributed by atoms with Crippen LogP contribution < -0.4 is 4.74 Å². The fraction of sp³-hybridized carbons (Fsp3) is 0.115. The van der Waals surface area contributed by atoms with Gasteiger partial charge in [-0.05, 0) is 55.0 Å². The third-order valence-corrected chi connectivity index (χ3v) is 6.73. The van der Waals surface area contributed by atoms with Crippen molar-refractivity contribution < 1.29 is 9.53 Å². The Balaban J connectivity index is 1.61. The van der Waals surface area contributed by atoms with Gasteiger partial charge in [0, 0.05) is 39.7 Å². The number of benzene rings is 2. The zero-order valence-electron chi connectivity index (χ0n) is 18.1. The molecule has 0 radical (unpaired) electrons. The Labute approximate surface area is 200 Å². The van der Waals surface area contributed by atoms with Crippen LogP contribution in [0, 0.1) is 6.92 Å². The van der Waals surface area contributed by atoms with E-state index in [2.05, 4.69) is 14.5 Å². The fourth-order valence-electron chi connectivity index (χ4n) is 3.97. The van der Waals surface area contributed by atoms with Crippen molar-refractivity contribution in [3.8, 4) is 17.1 Å². The Morgan fingerprint density at radius 3 is 2.64 bits per heavy atom. The van der Waals surface area contributed by atoms with E-state index in [0.717, 1.165) is 27.9 Å². The van der Waals surface area contributed by atoms with Crippen LogP contribution in [0.2, 0.25) is 5.02 Å². The smallest absolute Gasteiger partial charge is 0.224 e. The number of ether oxygens (including phenoxy) is 1. The first kappa shape index (κ1) is 21.4. The zero-order valence-corrected chi connectivity index (χ0v) is 19.7. The molecule has 0 aliphatic rings. The summed E-state index contributed by atoms with van der Waals surface area (Å²) in [5.41, 5.74) is 5.03. The van der Waals surface area contributed by atoms with Crippen LogP contribution in [0.1, 0.15) is 26.6 Å². The predicted octanol–water partition coefficient (Wildman–Crippen LogP) is 6.41. The molecule has 0 atom stereocenters. The molecule has 0 spiro atoms. The van der Waals surface area contributed by atoms with Gasteiger partial charge in [-0.1, -0.05) is 29.8 Å². The Hall–Kier alpha value is -3.48. The summed E-state index contributed by atoms with van der Waals surface area (Å²) in [7, 11) is 1.63. The number of hydrogen-bond donors (Lipinski definition) is 0. The van der Waals surface area contributed by atoms with E-state index in [4.69, 9.17) is 16.3 Å². The van der Waals surface area contributed by atoms with Crippen LogP contribution >= 0.6 is 22.9 Å². The molecular weight excluding hydrogens is 454 g/mol. The van der Waals surface area contributed by atoms with Gasteiger partial charge in [0.1, 0.15) is 11.4 Å². The van der Waals surface area contributed by atoms with Gasteiger partial charge in [-0.15, -0.1) is 11.3 Å². The van der Waals surface area contributed by atoms with Crippen molar-refractivity contribution in [2.24, 2.45) is 0 Å². The van der Waals surface area contributed by atoms with Crippen LogP contribution in [-0.2, 0) is 6.54 Å². The van der Waals surface area contributed by atoms with Crippen LogP contribution in [0.25, 0.3) is 22.3 Å². The molecule has 0 fully saturated rings. The summed E-state index contributed by atoms with van der Waals surface area (Å²) in [5.74, 6) is 0.598. The number of fused-ring (bicyclic) bond motifs is 1. The summed E-state index contributed by atoms with van der Waals surface area (Å²) in [4.78, 5) is 22.6. The number of ketones is 1. The van der Waals surface area contributed by atoms with E-state index in [9.17, 15) is 4.79 Å². The predicted molar refractivity (Wildman–Crippen MR) is 133 cm³/mol. The second-order valence-electron chi connectivity index (χ2n) is 7.64. The van der Waals surface area contributed by atoms with Gasteiger partial charge in [-0.3, -0.25) is 9.78 Å². The second kappa shape index (κ2) is 8.81. The quantitative estimate of drug-likeness (QED) is 0.267. The highest BCUT2D eigenvalue weighted by Gasteiger charge is 2.24. The van der Waals surface area contributed by atoms with E-state index < -0.39 is 0 Å². The third kappa shape index (κ3) is 4.03. The van der Waals surface area contributed by atoms with Crippen molar-refractivity contribution in [2.45, 2.75) is 13.5 Å². The maximum absolute atomic E-state index is 13.7. The maximum Gasteiger partial charge on any atom is 0.224 e. The maximum atomic E-state index is 13.7. The van der Waals surface area contributed by atoms with E-state index in [0.29, 0.717) is 33.6 Å². The molecule has 0 aliphatic heterocycles. The van der Waals surface area contributed by atoms with Gasteiger partial charge in [0.05, 0.1) is 18.4 Å². The molecule has 164 valence electrons. The Kier molecular flexibility index (Phi) is 5.70. The third-order valence-electron chi connectivity index (χ3n) is 5.64. The summed E-state index contributed by atoms with van der Waals surface area (Å²) < 4.78 is 7.60. The van der Waals surface area contributed by atoms with Gasteiger partial charge in [0.25, 0.3) is 0 Å². The Morgan fingerprint density at radius 1 is 1.09 bits per heavy atom. The number of aromatic nitrogens is 3. The van der Waals surface area contributed by atoms with Gasteiger partial charge in [-0.25, -0.2) is 4.98 Å². The van der Waals surface area contributed by atoms with E-state index in [-0.39, 0.29) is 5.78 Å². The van der Waals surface area contributed by atoms with Crippen LogP contribution in [-0.4, -0.2) is 27.4 Å². The molecule has 3 heterocycles. The topological polar surface area (TPSA) is 57.0 Å². The van der Waals surface area contributed by atoms with E-state index in [1.54, 1.807) is 13.3 Å². The largest absolute Gasteiger partial charge is 0.497 e. The molecule has 5 aromatic rings. The zero-order chi connectivity index (χ0) is 22.9. The van der Waals surface area contributed by atoms with Crippen molar-refractivity contribution >= 4 is 39.6 Å². The lowest BCUT2D eigenvalue weighted by atomic mass is 10.1. The lowest BCUT2D eigenvalue weighted by Gasteiger charge is -2.09. The number of rotatable bonds is 6. The summed E-state index contributed by atoms with van der Waals surface area (Å²) in [5, 5.41) is 3.85. The van der Waals surface area contributed by atoms with Crippen molar-refractivity contribution in [1.82, 2.24) is 14.5 Å². The molecule has 0 saturated carbocycles. The van der Waals surface area contributed by atoms with E-state index >= 15 is 0 Å². The Morgan fingerprint density at radius 2 is 1.91 bits per heavy atom. The minimum Gasteiger partial charge on any atom is -0.497 e. The molecule has 7 heteroatoms. The number of carbonyl (C=O) groups is 1. The van der Waals surface area contributed by atoms with Crippen molar-refractivity contribution in [3.05, 3.63) is 99.1 Å². The monoisotopic (exact) mass is 473 g/mol. The van der Waals surface area contributed by atoms with Crippen LogP contribution in [0.5, 0.6) is 5.75 Å². The van der Waals surface area contributed by atoms with E-state index in [1.165, 1.54) is 11.3 Å². The Bertz CT molecular complexity index is 1460. The summed E-state index contributed by atoms with van der Waals surface area (Å²) in [6.07, 6.45) is 1.72. The van der Waals surface area contributed by atoms with Crippen LogP contribution in [0.3, 0.4) is 0 Å². The average molecular weight is 474 g/mol. The molecular formula is C26H20ClN3O2S. The van der Waals surface area contributed by atoms with E-state index in [1.807, 2.05) is 73.0 Å². The molecule has 0 saturated heterocycles. The normalized spacial score (nSPS) is 11.1. The SMILES string of the molecule is COc1ccc2c(c1)c(C(=O)c1nc(-c3ccccn3)cs1)c(C)n2Cc1ccc(Cl)cc1. The second-order valence-corrected chi connectivity index (χ2v) is 8.93. The highest BCUT2D eigenvalue weighted by Crippen LogP contribution is 2.33. The molecule has 0 unspecified atom stereocenters. The first-order valence-corrected chi connectivity index (χ1v) is 11.6. The molecule has 0 aliphatic carbocycles. The van der Waals surface area contributed by atoms with Gasteiger partial charge >= 0.3 is 0 Å². The number of pyridine rings is 1. The molecule has 5 rings (SSSR count). The standard InChI is InChI=1S/C26H20ClN3O2S/c1-16-24(25(31)26-29-22(15-33-26)21-5-3-4-12-28-21)20-13-19(32-2)10-11-23(20)30(16)14-17-6-8-18(27)9-7-17/h3-13,15H,14H2,1-2H3. The van der Waals surface area contributed by atoms with Gasteiger partial charge in [0.15, 0.2) is 5.01 Å². The molecule has 33 heavy (non-hydrogen) atoms. The number of halogens is 1. The summed E-state index contributed by atoms with van der Waals surface area (Å²) in [6.45, 7) is 2.60. The lowest BCUT2D eigenvalue weighted by Crippen LogP contribution is -2.06. The molecule has 0 N–H and O–H groups in total. The first-order chi connectivity index (χ1) is 16.0. The molecule has 0 bridgehead atoms. The molecule has 5 nitrogen and oxygen atoms in total. The highest BCUT2D eigenvalue weighted by atomic mass is 35.5. The van der Waals surface area contributed by atoms with Crippen molar-refractivity contribution in [3.63, 3.8) is 0 Å².